The minimum absolute atomic E-state index is 0.288. The van der Waals surface area contributed by atoms with Gasteiger partial charge in [0, 0.05) is 4.88 Å². The van der Waals surface area contributed by atoms with E-state index in [2.05, 4.69) is 21.2 Å². The number of furan rings is 1. The van der Waals surface area contributed by atoms with Gasteiger partial charge in [-0.1, -0.05) is 6.92 Å². The van der Waals surface area contributed by atoms with Gasteiger partial charge in [0.15, 0.2) is 4.67 Å². The van der Waals surface area contributed by atoms with E-state index in [1.165, 1.54) is 17.6 Å². The van der Waals surface area contributed by atoms with Crippen molar-refractivity contribution >= 4 is 44.1 Å². The maximum absolute atomic E-state index is 12.2. The molecule has 5 nitrogen and oxygen atoms in total. The number of anilines is 1. The van der Waals surface area contributed by atoms with Crippen molar-refractivity contribution in [3.63, 3.8) is 0 Å². The number of hydrogen-bond acceptors (Lipinski definition) is 5. The highest BCUT2D eigenvalue weighted by Gasteiger charge is 2.20. The fraction of sp³-hybridized carbons (Fsp3) is 0.286. The summed E-state index contributed by atoms with van der Waals surface area (Å²) in [7, 11) is 0. The lowest BCUT2D eigenvalue weighted by molar-refractivity contribution is 0.0528. The average Bonchev–Trinajstić information content (AvgIpc) is 3.05. The Labute approximate surface area is 134 Å². The van der Waals surface area contributed by atoms with Gasteiger partial charge >= 0.3 is 5.97 Å². The summed E-state index contributed by atoms with van der Waals surface area (Å²) in [4.78, 5) is 25.1. The lowest BCUT2D eigenvalue weighted by Crippen LogP contribution is -2.14. The average molecular weight is 372 g/mol. The van der Waals surface area contributed by atoms with E-state index in [-0.39, 0.29) is 12.5 Å². The molecule has 0 aliphatic rings. The van der Waals surface area contributed by atoms with Crippen molar-refractivity contribution in [2.75, 3.05) is 11.9 Å². The number of ether oxygens (including phenoxy) is 1. The third kappa shape index (κ3) is 3.54. The normalized spacial score (nSPS) is 10.4. The van der Waals surface area contributed by atoms with Crippen LogP contribution < -0.4 is 5.32 Å². The van der Waals surface area contributed by atoms with Crippen LogP contribution in [0.4, 0.5) is 5.00 Å². The molecule has 0 spiro atoms. The van der Waals surface area contributed by atoms with Crippen molar-refractivity contribution in [2.45, 2.75) is 20.3 Å². The highest BCUT2D eigenvalue weighted by Crippen LogP contribution is 2.30. The van der Waals surface area contributed by atoms with Crippen LogP contribution in [0.1, 0.15) is 39.4 Å². The van der Waals surface area contributed by atoms with Gasteiger partial charge in [0.05, 0.1) is 24.0 Å². The SMILES string of the molecule is CCOC(=O)c1cc(CC)sc1NC(=O)c1ccoc1Br. The summed E-state index contributed by atoms with van der Waals surface area (Å²) >= 11 is 4.52. The number of aryl methyl sites for hydroxylation is 1. The van der Waals surface area contributed by atoms with E-state index in [4.69, 9.17) is 9.15 Å². The number of hydrogen-bond donors (Lipinski definition) is 1. The molecule has 0 unspecified atom stereocenters. The molecule has 2 aromatic rings. The molecule has 2 aromatic heterocycles. The van der Waals surface area contributed by atoms with Gasteiger partial charge in [-0.2, -0.15) is 0 Å². The molecule has 7 heteroatoms. The van der Waals surface area contributed by atoms with Gasteiger partial charge in [-0.25, -0.2) is 4.79 Å². The molecule has 0 saturated carbocycles. The Balaban J connectivity index is 2.26. The van der Waals surface area contributed by atoms with Gasteiger partial charge < -0.3 is 14.5 Å². The van der Waals surface area contributed by atoms with Gasteiger partial charge in [0.2, 0.25) is 0 Å². The number of rotatable bonds is 5. The third-order valence-corrected chi connectivity index (χ3v) is 4.53. The molecule has 1 amide bonds. The third-order valence-electron chi connectivity index (χ3n) is 2.72. The fourth-order valence-corrected chi connectivity index (χ4v) is 3.10. The molecular formula is C14H14BrNO4S. The fourth-order valence-electron chi connectivity index (χ4n) is 1.70. The molecule has 0 saturated heterocycles. The molecule has 0 bridgehead atoms. The van der Waals surface area contributed by atoms with Crippen LogP contribution in [0.3, 0.4) is 0 Å². The first-order valence-electron chi connectivity index (χ1n) is 6.41. The predicted octanol–water partition coefficient (Wildman–Crippen LogP) is 4.10. The Morgan fingerprint density at radius 2 is 2.14 bits per heavy atom. The number of thiophene rings is 1. The van der Waals surface area contributed by atoms with E-state index in [1.807, 2.05) is 6.92 Å². The second-order valence-electron chi connectivity index (χ2n) is 4.09. The molecule has 0 fully saturated rings. The number of carbonyl (C=O) groups is 2. The van der Waals surface area contributed by atoms with Crippen LogP contribution in [0.25, 0.3) is 0 Å². The smallest absolute Gasteiger partial charge is 0.341 e. The van der Waals surface area contributed by atoms with E-state index in [0.717, 1.165) is 11.3 Å². The minimum Gasteiger partial charge on any atom is -0.462 e. The van der Waals surface area contributed by atoms with Crippen LogP contribution in [0.2, 0.25) is 0 Å². The van der Waals surface area contributed by atoms with Crippen molar-refractivity contribution in [3.05, 3.63) is 39.1 Å². The molecule has 0 aromatic carbocycles. The Kier molecular flexibility index (Phi) is 5.19. The number of amides is 1. The summed E-state index contributed by atoms with van der Waals surface area (Å²) in [6.07, 6.45) is 2.19. The largest absolute Gasteiger partial charge is 0.462 e. The van der Waals surface area contributed by atoms with E-state index in [1.54, 1.807) is 19.1 Å². The Hall–Kier alpha value is -1.60. The molecule has 112 valence electrons. The van der Waals surface area contributed by atoms with Crippen molar-refractivity contribution in [3.8, 4) is 0 Å². The topological polar surface area (TPSA) is 68.5 Å². The van der Waals surface area contributed by atoms with E-state index in [0.29, 0.717) is 20.8 Å². The maximum Gasteiger partial charge on any atom is 0.341 e. The zero-order chi connectivity index (χ0) is 15.4. The second kappa shape index (κ2) is 6.91. The summed E-state index contributed by atoms with van der Waals surface area (Å²) in [5, 5.41) is 3.23. The van der Waals surface area contributed by atoms with E-state index >= 15 is 0 Å². The molecule has 0 aliphatic carbocycles. The van der Waals surface area contributed by atoms with E-state index in [9.17, 15) is 9.59 Å². The van der Waals surface area contributed by atoms with Crippen molar-refractivity contribution in [2.24, 2.45) is 0 Å². The standard InChI is InChI=1S/C14H14BrNO4S/c1-3-8-7-10(14(18)19-4-2)13(21-8)16-12(17)9-5-6-20-11(9)15/h5-7H,3-4H2,1-2H3,(H,16,17). The molecular weight excluding hydrogens is 358 g/mol. The number of carbonyl (C=O) groups excluding carboxylic acids is 2. The summed E-state index contributed by atoms with van der Waals surface area (Å²) < 4.78 is 10.4. The summed E-state index contributed by atoms with van der Waals surface area (Å²) in [5.41, 5.74) is 0.753. The predicted molar refractivity (Wildman–Crippen MR) is 84.0 cm³/mol. The van der Waals surface area contributed by atoms with E-state index < -0.39 is 5.97 Å². The molecule has 2 rings (SSSR count). The summed E-state index contributed by atoms with van der Waals surface area (Å²) in [6, 6.07) is 3.31. The van der Waals surface area contributed by atoms with Gasteiger partial charge in [0.25, 0.3) is 5.91 Å². The second-order valence-corrected chi connectivity index (χ2v) is 5.95. The monoisotopic (exact) mass is 371 g/mol. The number of esters is 1. The summed E-state index contributed by atoms with van der Waals surface area (Å²) in [5.74, 6) is -0.777. The zero-order valence-corrected chi connectivity index (χ0v) is 14.0. The summed E-state index contributed by atoms with van der Waals surface area (Å²) in [6.45, 7) is 4.02. The first-order chi connectivity index (χ1) is 10.1. The van der Waals surface area contributed by atoms with Crippen molar-refractivity contribution in [1.82, 2.24) is 0 Å². The van der Waals surface area contributed by atoms with Crippen LogP contribution in [0.5, 0.6) is 0 Å². The van der Waals surface area contributed by atoms with Crippen molar-refractivity contribution in [1.29, 1.82) is 0 Å². The van der Waals surface area contributed by atoms with Crippen LogP contribution >= 0.6 is 27.3 Å². The highest BCUT2D eigenvalue weighted by atomic mass is 79.9. The highest BCUT2D eigenvalue weighted by molar-refractivity contribution is 9.10. The minimum atomic E-state index is -0.435. The molecule has 0 atom stereocenters. The Morgan fingerprint density at radius 3 is 2.71 bits per heavy atom. The molecule has 0 radical (unpaired) electrons. The molecule has 0 aliphatic heterocycles. The van der Waals surface area contributed by atoms with Gasteiger partial charge in [0.1, 0.15) is 5.00 Å². The molecule has 2 heterocycles. The Morgan fingerprint density at radius 1 is 1.38 bits per heavy atom. The lowest BCUT2D eigenvalue weighted by Gasteiger charge is -2.05. The zero-order valence-electron chi connectivity index (χ0n) is 11.6. The van der Waals surface area contributed by atoms with Gasteiger partial charge in [-0.15, -0.1) is 11.3 Å². The van der Waals surface area contributed by atoms with Crippen LogP contribution in [-0.4, -0.2) is 18.5 Å². The van der Waals surface area contributed by atoms with Crippen LogP contribution in [0.15, 0.2) is 27.5 Å². The molecule has 21 heavy (non-hydrogen) atoms. The number of halogens is 1. The lowest BCUT2D eigenvalue weighted by atomic mass is 10.2. The Bertz CT molecular complexity index is 662. The first kappa shape index (κ1) is 15.8. The maximum atomic E-state index is 12.2. The first-order valence-corrected chi connectivity index (χ1v) is 8.01. The number of nitrogens with one attached hydrogen (secondary N) is 1. The van der Waals surface area contributed by atoms with Crippen LogP contribution in [-0.2, 0) is 11.2 Å². The molecule has 1 N–H and O–H groups in total. The van der Waals surface area contributed by atoms with Gasteiger partial charge in [-0.05, 0) is 41.4 Å². The quantitative estimate of drug-likeness (QED) is 0.803. The van der Waals surface area contributed by atoms with Gasteiger partial charge in [-0.3, -0.25) is 4.79 Å². The van der Waals surface area contributed by atoms with Crippen LogP contribution in [0, 0.1) is 0 Å². The van der Waals surface area contributed by atoms with Crippen molar-refractivity contribution < 1.29 is 18.7 Å².